The van der Waals surface area contributed by atoms with Gasteiger partial charge in [0.1, 0.15) is 5.03 Å². The Labute approximate surface area is 80.7 Å². The van der Waals surface area contributed by atoms with Crippen LogP contribution in [0.25, 0.3) is 0 Å². The van der Waals surface area contributed by atoms with E-state index in [1.165, 1.54) is 6.20 Å². The van der Waals surface area contributed by atoms with E-state index in [4.69, 9.17) is 17.3 Å². The molecule has 0 aliphatic carbocycles. The molecule has 12 heavy (non-hydrogen) atoms. The van der Waals surface area contributed by atoms with Crippen molar-refractivity contribution < 1.29 is 0 Å². The largest absolute Gasteiger partial charge is 0.368 e. The maximum absolute atomic E-state index is 5.84. The molecule has 0 spiro atoms. The molecule has 3 nitrogen and oxygen atoms in total. The molecule has 0 aliphatic heterocycles. The van der Waals surface area contributed by atoms with Gasteiger partial charge < -0.3 is 5.73 Å². The lowest BCUT2D eigenvalue weighted by atomic mass is 10.6. The van der Waals surface area contributed by atoms with Gasteiger partial charge in [0, 0.05) is 5.25 Å². The molecular weight excluding hydrogens is 194 g/mol. The van der Waals surface area contributed by atoms with Crippen molar-refractivity contribution in [3.63, 3.8) is 0 Å². The third kappa shape index (κ3) is 2.53. The van der Waals surface area contributed by atoms with Crippen molar-refractivity contribution >= 4 is 29.3 Å². The molecule has 1 aromatic rings. The Bertz CT molecular complexity index is 277. The number of nitrogen functional groups attached to an aromatic ring is 1. The minimum Gasteiger partial charge on any atom is -0.368 e. The highest BCUT2D eigenvalue weighted by Crippen LogP contribution is 2.27. The second kappa shape index (κ2) is 3.96. The van der Waals surface area contributed by atoms with Crippen LogP contribution in [-0.2, 0) is 0 Å². The van der Waals surface area contributed by atoms with Crippen LogP contribution in [0.4, 0.5) is 5.95 Å². The quantitative estimate of drug-likeness (QED) is 0.592. The first kappa shape index (κ1) is 9.61. The van der Waals surface area contributed by atoms with Gasteiger partial charge in [-0.15, -0.1) is 11.8 Å². The van der Waals surface area contributed by atoms with Crippen LogP contribution in [-0.4, -0.2) is 15.2 Å². The van der Waals surface area contributed by atoms with Crippen LogP contribution in [0.5, 0.6) is 0 Å². The lowest BCUT2D eigenvalue weighted by Gasteiger charge is -2.05. The molecule has 0 aromatic carbocycles. The van der Waals surface area contributed by atoms with Crippen molar-refractivity contribution in [3.8, 4) is 0 Å². The van der Waals surface area contributed by atoms with Gasteiger partial charge in [0.05, 0.1) is 11.2 Å². The molecule has 1 aromatic heterocycles. The topological polar surface area (TPSA) is 51.8 Å². The molecule has 0 aliphatic rings. The summed E-state index contributed by atoms with van der Waals surface area (Å²) < 4.78 is 0. The molecule has 0 radical (unpaired) electrons. The summed E-state index contributed by atoms with van der Waals surface area (Å²) in [6, 6.07) is 0. The van der Waals surface area contributed by atoms with Crippen LogP contribution < -0.4 is 5.73 Å². The van der Waals surface area contributed by atoms with Gasteiger partial charge >= 0.3 is 0 Å². The first-order valence-corrected chi connectivity index (χ1v) is 4.80. The normalized spacial score (nSPS) is 10.7. The van der Waals surface area contributed by atoms with Crippen molar-refractivity contribution in [2.24, 2.45) is 0 Å². The van der Waals surface area contributed by atoms with E-state index in [0.717, 1.165) is 5.03 Å². The Kier molecular flexibility index (Phi) is 3.17. The van der Waals surface area contributed by atoms with E-state index >= 15 is 0 Å². The summed E-state index contributed by atoms with van der Waals surface area (Å²) in [5, 5.41) is 1.75. The van der Waals surface area contributed by atoms with E-state index in [-0.39, 0.29) is 5.95 Å². The smallest absolute Gasteiger partial charge is 0.221 e. The molecule has 5 heteroatoms. The number of anilines is 1. The summed E-state index contributed by atoms with van der Waals surface area (Å²) in [6.07, 6.45) is 1.52. The van der Waals surface area contributed by atoms with Crippen LogP contribution in [0.2, 0.25) is 5.02 Å². The zero-order valence-electron chi connectivity index (χ0n) is 6.91. The number of nitrogens with two attached hydrogens (primary N) is 1. The number of hydrogen-bond donors (Lipinski definition) is 1. The predicted molar refractivity (Wildman–Crippen MR) is 52.4 cm³/mol. The standard InChI is InChI=1S/C7H10ClN3S/c1-4(2)12-6-5(8)3-10-7(9)11-6/h3-4H,1-2H3,(H2,9,10,11). The lowest BCUT2D eigenvalue weighted by molar-refractivity contribution is 1.04. The van der Waals surface area contributed by atoms with Crippen LogP contribution >= 0.6 is 23.4 Å². The van der Waals surface area contributed by atoms with Gasteiger partial charge in [-0.25, -0.2) is 9.97 Å². The first-order chi connectivity index (χ1) is 5.59. The van der Waals surface area contributed by atoms with Gasteiger partial charge in [-0.1, -0.05) is 25.4 Å². The Morgan fingerprint density at radius 2 is 2.25 bits per heavy atom. The second-order valence-electron chi connectivity index (χ2n) is 2.55. The molecule has 0 amide bonds. The fourth-order valence-corrected chi connectivity index (χ4v) is 1.65. The summed E-state index contributed by atoms with van der Waals surface area (Å²) in [6.45, 7) is 4.14. The first-order valence-electron chi connectivity index (χ1n) is 3.54. The fourth-order valence-electron chi connectivity index (χ4n) is 0.670. The van der Waals surface area contributed by atoms with E-state index < -0.39 is 0 Å². The van der Waals surface area contributed by atoms with Crippen LogP contribution in [0.3, 0.4) is 0 Å². The SMILES string of the molecule is CC(C)Sc1nc(N)ncc1Cl. The average molecular weight is 204 g/mol. The van der Waals surface area contributed by atoms with Crippen molar-refractivity contribution in [1.29, 1.82) is 0 Å². The zero-order chi connectivity index (χ0) is 9.14. The van der Waals surface area contributed by atoms with Crippen LogP contribution in [0, 0.1) is 0 Å². The van der Waals surface area contributed by atoms with Crippen LogP contribution in [0.15, 0.2) is 11.2 Å². The Balaban J connectivity index is 2.90. The van der Waals surface area contributed by atoms with E-state index in [1.54, 1.807) is 11.8 Å². The zero-order valence-corrected chi connectivity index (χ0v) is 8.49. The fraction of sp³-hybridized carbons (Fsp3) is 0.429. The Morgan fingerprint density at radius 3 is 2.83 bits per heavy atom. The van der Waals surface area contributed by atoms with E-state index in [1.807, 2.05) is 0 Å². The number of aromatic nitrogens is 2. The number of rotatable bonds is 2. The maximum atomic E-state index is 5.84. The third-order valence-electron chi connectivity index (χ3n) is 1.08. The minimum absolute atomic E-state index is 0.266. The van der Waals surface area contributed by atoms with Gasteiger partial charge in [0.15, 0.2) is 0 Å². The monoisotopic (exact) mass is 203 g/mol. The van der Waals surface area contributed by atoms with Crippen molar-refractivity contribution in [2.75, 3.05) is 5.73 Å². The Morgan fingerprint density at radius 1 is 1.58 bits per heavy atom. The average Bonchev–Trinajstić information content (AvgIpc) is 1.96. The number of nitrogens with zero attached hydrogens (tertiary/aromatic N) is 2. The molecule has 0 atom stereocenters. The second-order valence-corrected chi connectivity index (χ2v) is 4.52. The highest BCUT2D eigenvalue weighted by Gasteiger charge is 2.06. The summed E-state index contributed by atoms with van der Waals surface area (Å²) in [5.41, 5.74) is 5.41. The molecule has 0 unspecified atom stereocenters. The lowest BCUT2D eigenvalue weighted by Crippen LogP contribution is -1.97. The molecule has 0 bridgehead atoms. The number of thioether (sulfide) groups is 1. The van der Waals surface area contributed by atoms with Gasteiger partial charge in [0.2, 0.25) is 5.95 Å². The summed E-state index contributed by atoms with van der Waals surface area (Å²) in [5.74, 6) is 0.266. The summed E-state index contributed by atoms with van der Waals surface area (Å²) >= 11 is 7.42. The van der Waals surface area contributed by atoms with Crippen molar-refractivity contribution in [3.05, 3.63) is 11.2 Å². The molecular formula is C7H10ClN3S. The van der Waals surface area contributed by atoms with E-state index in [9.17, 15) is 0 Å². The molecule has 0 saturated heterocycles. The third-order valence-corrected chi connectivity index (χ3v) is 2.47. The van der Waals surface area contributed by atoms with Crippen LogP contribution in [0.1, 0.15) is 13.8 Å². The van der Waals surface area contributed by atoms with Gasteiger partial charge in [-0.3, -0.25) is 0 Å². The maximum Gasteiger partial charge on any atom is 0.221 e. The van der Waals surface area contributed by atoms with E-state index in [0.29, 0.717) is 10.3 Å². The number of halogens is 1. The molecule has 66 valence electrons. The van der Waals surface area contributed by atoms with Crippen molar-refractivity contribution in [1.82, 2.24) is 9.97 Å². The molecule has 1 heterocycles. The summed E-state index contributed by atoms with van der Waals surface area (Å²) in [4.78, 5) is 7.78. The molecule has 0 saturated carbocycles. The highest BCUT2D eigenvalue weighted by atomic mass is 35.5. The molecule has 1 rings (SSSR count). The van der Waals surface area contributed by atoms with Gasteiger partial charge in [0.25, 0.3) is 0 Å². The van der Waals surface area contributed by atoms with Gasteiger partial charge in [-0.2, -0.15) is 0 Å². The molecule has 2 N–H and O–H groups in total. The predicted octanol–water partition coefficient (Wildman–Crippen LogP) is 2.21. The molecule has 0 fully saturated rings. The van der Waals surface area contributed by atoms with Crippen molar-refractivity contribution in [2.45, 2.75) is 24.1 Å². The van der Waals surface area contributed by atoms with E-state index in [2.05, 4.69) is 23.8 Å². The minimum atomic E-state index is 0.266. The summed E-state index contributed by atoms with van der Waals surface area (Å²) in [7, 11) is 0. The number of hydrogen-bond acceptors (Lipinski definition) is 4. The van der Waals surface area contributed by atoms with Gasteiger partial charge in [-0.05, 0) is 0 Å². The Hall–Kier alpha value is -0.480. The highest BCUT2D eigenvalue weighted by molar-refractivity contribution is 7.99.